The van der Waals surface area contributed by atoms with E-state index in [2.05, 4.69) is 26.5 Å². The summed E-state index contributed by atoms with van der Waals surface area (Å²) in [5, 5.41) is 3.98. The number of nitrogens with zero attached hydrogens (tertiary/aromatic N) is 2. The molecule has 1 amide bonds. The molecule has 0 atom stereocenters. The molecule has 0 saturated heterocycles. The third-order valence-electron chi connectivity index (χ3n) is 5.08. The molecule has 0 aromatic heterocycles. The summed E-state index contributed by atoms with van der Waals surface area (Å²) in [5.74, 6) is 0.557. The summed E-state index contributed by atoms with van der Waals surface area (Å²) in [4.78, 5) is 12.8. The van der Waals surface area contributed by atoms with E-state index >= 15 is 0 Å². The van der Waals surface area contributed by atoms with Gasteiger partial charge in [-0.1, -0.05) is 45.8 Å². The Labute approximate surface area is 213 Å². The number of rotatable bonds is 10. The van der Waals surface area contributed by atoms with Gasteiger partial charge in [0.1, 0.15) is 11.5 Å². The van der Waals surface area contributed by atoms with Crippen LogP contribution in [0.25, 0.3) is 0 Å². The lowest BCUT2D eigenvalue weighted by Crippen LogP contribution is -2.39. The first-order chi connectivity index (χ1) is 16.7. The molecule has 0 fully saturated rings. The fraction of sp³-hybridized carbons (Fsp3) is 0.200. The molecule has 3 aromatic rings. The van der Waals surface area contributed by atoms with Crippen LogP contribution in [0.1, 0.15) is 16.7 Å². The van der Waals surface area contributed by atoms with Crippen LogP contribution < -0.4 is 14.9 Å². The maximum Gasteiger partial charge on any atom is 0.255 e. The molecule has 10 heteroatoms. The lowest BCUT2D eigenvalue weighted by atomic mass is 10.2. The zero-order valence-electron chi connectivity index (χ0n) is 19.6. The van der Waals surface area contributed by atoms with Crippen LogP contribution in [0, 0.1) is 6.92 Å². The molecular weight excluding hydrogens is 534 g/mol. The first-order valence-electron chi connectivity index (χ1n) is 10.6. The molecule has 0 unspecified atom stereocenters. The largest absolute Gasteiger partial charge is 0.497 e. The SMILES string of the molecule is COc1ccc(OC)c(/C=N\NC(=O)CN(Cc2ccc(Br)cc2)S(=O)(=O)c2ccc(C)cc2)c1. The molecule has 0 heterocycles. The zero-order chi connectivity index (χ0) is 25.4. The summed E-state index contributed by atoms with van der Waals surface area (Å²) in [5.41, 5.74) is 4.66. The second kappa shape index (κ2) is 12.0. The van der Waals surface area contributed by atoms with E-state index in [1.54, 1.807) is 49.6 Å². The molecular formula is C25H26BrN3O5S. The summed E-state index contributed by atoms with van der Waals surface area (Å²) in [7, 11) is -0.884. The monoisotopic (exact) mass is 559 g/mol. The Kier molecular flexibility index (Phi) is 9.02. The summed E-state index contributed by atoms with van der Waals surface area (Å²) >= 11 is 3.37. The third kappa shape index (κ3) is 7.14. The average Bonchev–Trinajstić information content (AvgIpc) is 2.85. The van der Waals surface area contributed by atoms with Gasteiger partial charge in [0, 0.05) is 16.6 Å². The van der Waals surface area contributed by atoms with E-state index in [9.17, 15) is 13.2 Å². The molecule has 184 valence electrons. The van der Waals surface area contributed by atoms with Crippen molar-refractivity contribution in [1.29, 1.82) is 0 Å². The Morgan fingerprint density at radius 2 is 1.71 bits per heavy atom. The summed E-state index contributed by atoms with van der Waals surface area (Å²) in [6, 6.07) is 18.9. The Morgan fingerprint density at radius 1 is 1.03 bits per heavy atom. The minimum atomic E-state index is -3.95. The number of ether oxygens (including phenoxy) is 2. The molecule has 3 aromatic carbocycles. The lowest BCUT2D eigenvalue weighted by Gasteiger charge is -2.21. The maximum absolute atomic E-state index is 13.4. The predicted molar refractivity (Wildman–Crippen MR) is 138 cm³/mol. The van der Waals surface area contributed by atoms with Crippen molar-refractivity contribution in [3.63, 3.8) is 0 Å². The van der Waals surface area contributed by atoms with E-state index in [-0.39, 0.29) is 11.4 Å². The second-order valence-electron chi connectivity index (χ2n) is 7.61. The Balaban J connectivity index is 1.80. The molecule has 35 heavy (non-hydrogen) atoms. The fourth-order valence-corrected chi connectivity index (χ4v) is 4.84. The van der Waals surface area contributed by atoms with Crippen LogP contribution in [0.2, 0.25) is 0 Å². The smallest absolute Gasteiger partial charge is 0.255 e. The van der Waals surface area contributed by atoms with E-state index in [1.165, 1.54) is 25.5 Å². The first kappa shape index (κ1) is 26.4. The van der Waals surface area contributed by atoms with Gasteiger partial charge in [-0.25, -0.2) is 13.8 Å². The molecule has 0 aliphatic carbocycles. The highest BCUT2D eigenvalue weighted by Crippen LogP contribution is 2.22. The Morgan fingerprint density at radius 3 is 2.34 bits per heavy atom. The van der Waals surface area contributed by atoms with E-state index in [0.29, 0.717) is 17.1 Å². The molecule has 0 aliphatic heterocycles. The highest BCUT2D eigenvalue weighted by atomic mass is 79.9. The van der Waals surface area contributed by atoms with Gasteiger partial charge >= 0.3 is 0 Å². The van der Waals surface area contributed by atoms with Crippen molar-refractivity contribution in [2.45, 2.75) is 18.4 Å². The van der Waals surface area contributed by atoms with Gasteiger partial charge in [-0.2, -0.15) is 9.41 Å². The van der Waals surface area contributed by atoms with Gasteiger partial charge in [0.05, 0.1) is 31.9 Å². The predicted octanol–water partition coefficient (Wildman–Crippen LogP) is 4.12. The molecule has 0 spiro atoms. The maximum atomic E-state index is 13.4. The van der Waals surface area contributed by atoms with Gasteiger partial charge in [-0.15, -0.1) is 0 Å². The topological polar surface area (TPSA) is 97.3 Å². The quantitative estimate of drug-likeness (QED) is 0.297. The van der Waals surface area contributed by atoms with Crippen molar-refractivity contribution in [2.24, 2.45) is 5.10 Å². The number of methoxy groups -OCH3 is 2. The molecule has 8 nitrogen and oxygen atoms in total. The van der Waals surface area contributed by atoms with Gasteiger partial charge in [0.15, 0.2) is 0 Å². The van der Waals surface area contributed by atoms with Gasteiger partial charge in [0.25, 0.3) is 5.91 Å². The lowest BCUT2D eigenvalue weighted by molar-refractivity contribution is -0.121. The number of halogens is 1. The third-order valence-corrected chi connectivity index (χ3v) is 7.42. The normalized spacial score (nSPS) is 11.6. The number of benzene rings is 3. The van der Waals surface area contributed by atoms with Crippen molar-refractivity contribution >= 4 is 38.1 Å². The molecule has 0 aliphatic rings. The standard InChI is InChI=1S/C25H26BrN3O5S/c1-18-4-11-23(12-5-18)35(31,32)29(16-19-6-8-21(26)9-7-19)17-25(30)28-27-15-20-14-22(33-2)10-13-24(20)34-3/h4-15H,16-17H2,1-3H3,(H,28,30)/b27-15-. The highest BCUT2D eigenvalue weighted by molar-refractivity contribution is 9.10. The van der Waals surface area contributed by atoms with Crippen molar-refractivity contribution in [2.75, 3.05) is 20.8 Å². The summed E-state index contributed by atoms with van der Waals surface area (Å²) in [6.45, 7) is 1.47. The summed E-state index contributed by atoms with van der Waals surface area (Å²) < 4.78 is 39.2. The number of amides is 1. The van der Waals surface area contributed by atoms with Crippen LogP contribution >= 0.6 is 15.9 Å². The van der Waals surface area contributed by atoms with Crippen LogP contribution in [-0.2, 0) is 21.4 Å². The van der Waals surface area contributed by atoms with Crippen molar-refractivity contribution in [3.05, 3.63) is 87.9 Å². The van der Waals surface area contributed by atoms with Crippen LogP contribution in [0.4, 0.5) is 0 Å². The Bertz CT molecular complexity index is 1290. The van der Waals surface area contributed by atoms with Crippen LogP contribution in [0.3, 0.4) is 0 Å². The number of hydrogen-bond acceptors (Lipinski definition) is 6. The molecule has 0 bridgehead atoms. The van der Waals surface area contributed by atoms with Gasteiger partial charge < -0.3 is 9.47 Å². The summed E-state index contributed by atoms with van der Waals surface area (Å²) in [6.07, 6.45) is 1.41. The van der Waals surface area contributed by atoms with Gasteiger partial charge in [-0.3, -0.25) is 4.79 Å². The first-order valence-corrected chi connectivity index (χ1v) is 12.8. The van der Waals surface area contributed by atoms with E-state index in [4.69, 9.17) is 9.47 Å². The number of carbonyl (C=O) groups excluding carboxylic acids is 1. The van der Waals surface area contributed by atoms with E-state index in [0.717, 1.165) is 19.9 Å². The highest BCUT2D eigenvalue weighted by Gasteiger charge is 2.27. The number of nitrogens with one attached hydrogen (secondary N) is 1. The number of hydrazone groups is 1. The van der Waals surface area contributed by atoms with Crippen LogP contribution in [-0.4, -0.2) is 45.6 Å². The van der Waals surface area contributed by atoms with Crippen LogP contribution in [0.15, 0.2) is 81.2 Å². The molecule has 0 radical (unpaired) electrons. The number of carbonyl (C=O) groups is 1. The minimum absolute atomic E-state index is 0.0182. The Hall–Kier alpha value is -3.21. The van der Waals surface area contributed by atoms with Crippen LogP contribution in [0.5, 0.6) is 11.5 Å². The van der Waals surface area contributed by atoms with Gasteiger partial charge in [0.2, 0.25) is 10.0 Å². The van der Waals surface area contributed by atoms with Crippen molar-refractivity contribution in [3.8, 4) is 11.5 Å². The number of sulfonamides is 1. The molecule has 1 N–H and O–H groups in total. The molecule has 0 saturated carbocycles. The van der Waals surface area contributed by atoms with E-state index < -0.39 is 22.5 Å². The average molecular weight is 560 g/mol. The number of hydrogen-bond donors (Lipinski definition) is 1. The number of aryl methyl sites for hydroxylation is 1. The molecule has 3 rings (SSSR count). The van der Waals surface area contributed by atoms with Crippen molar-refractivity contribution < 1.29 is 22.7 Å². The minimum Gasteiger partial charge on any atom is -0.497 e. The van der Waals surface area contributed by atoms with Gasteiger partial charge in [-0.05, 0) is 55.0 Å². The fourth-order valence-electron chi connectivity index (χ4n) is 3.19. The van der Waals surface area contributed by atoms with Crippen molar-refractivity contribution in [1.82, 2.24) is 9.73 Å². The zero-order valence-corrected chi connectivity index (χ0v) is 22.0. The van der Waals surface area contributed by atoms with E-state index in [1.807, 2.05) is 19.1 Å². The second-order valence-corrected chi connectivity index (χ2v) is 10.5.